The van der Waals surface area contributed by atoms with Crippen LogP contribution in [0.3, 0.4) is 0 Å². The van der Waals surface area contributed by atoms with Crippen LogP contribution in [-0.2, 0) is 6.54 Å². The van der Waals surface area contributed by atoms with Gasteiger partial charge in [-0.25, -0.2) is 0 Å². The lowest BCUT2D eigenvalue weighted by atomic mass is 10.3. The molecule has 2 aromatic heterocycles. The van der Waals surface area contributed by atoms with Crippen molar-refractivity contribution in [2.45, 2.75) is 17.6 Å². The van der Waals surface area contributed by atoms with Gasteiger partial charge in [-0.1, -0.05) is 23.4 Å². The van der Waals surface area contributed by atoms with Crippen LogP contribution in [0, 0.1) is 0 Å². The largest absolute Gasteiger partial charge is 0.398 e. The van der Waals surface area contributed by atoms with Crippen LogP contribution in [0.15, 0.2) is 51.2 Å². The number of thioether (sulfide) groups is 1. The maximum Gasteiger partial charge on any atom is 0.398 e. The molecule has 0 aliphatic heterocycles. The molecule has 0 unspecified atom stereocenters. The molecular formula is C15H12F3N3OS2. The minimum Gasteiger partial charge on any atom is -0.375 e. The smallest absolute Gasteiger partial charge is 0.375 e. The molecule has 0 radical (unpaired) electrons. The van der Waals surface area contributed by atoms with E-state index in [9.17, 15) is 13.2 Å². The molecule has 0 amide bonds. The Balaban J connectivity index is 1.64. The van der Waals surface area contributed by atoms with Gasteiger partial charge < -0.3 is 9.84 Å². The van der Waals surface area contributed by atoms with Crippen molar-refractivity contribution in [1.82, 2.24) is 10.1 Å². The van der Waals surface area contributed by atoms with Crippen LogP contribution in [0.2, 0.25) is 0 Å². The van der Waals surface area contributed by atoms with Crippen molar-refractivity contribution in [1.29, 1.82) is 0 Å². The number of thiophene rings is 1. The van der Waals surface area contributed by atoms with Crippen molar-refractivity contribution < 1.29 is 17.7 Å². The molecule has 0 fully saturated rings. The summed E-state index contributed by atoms with van der Waals surface area (Å²) in [5.41, 5.74) is 0.600. The number of hydrogen-bond donors (Lipinski definition) is 1. The van der Waals surface area contributed by atoms with Gasteiger partial charge in [0.05, 0.1) is 17.2 Å². The van der Waals surface area contributed by atoms with Gasteiger partial charge in [0.25, 0.3) is 0 Å². The van der Waals surface area contributed by atoms with Gasteiger partial charge in [-0.15, -0.1) is 23.1 Å². The van der Waals surface area contributed by atoms with Gasteiger partial charge in [0.15, 0.2) is 0 Å². The van der Waals surface area contributed by atoms with E-state index in [0.717, 1.165) is 16.6 Å². The van der Waals surface area contributed by atoms with Gasteiger partial charge in [-0.3, -0.25) is 0 Å². The Kier molecular flexibility index (Phi) is 5.10. The van der Waals surface area contributed by atoms with E-state index in [2.05, 4.69) is 15.5 Å². The molecular weight excluding hydrogens is 359 g/mol. The highest BCUT2D eigenvalue weighted by Gasteiger charge is 2.27. The predicted molar refractivity (Wildman–Crippen MR) is 88.2 cm³/mol. The van der Waals surface area contributed by atoms with E-state index in [1.165, 1.54) is 11.3 Å². The van der Waals surface area contributed by atoms with E-state index >= 15 is 0 Å². The lowest BCUT2D eigenvalue weighted by Gasteiger charge is -2.11. The van der Waals surface area contributed by atoms with E-state index in [4.69, 9.17) is 4.52 Å². The molecule has 9 heteroatoms. The molecule has 24 heavy (non-hydrogen) atoms. The molecule has 0 saturated carbocycles. The van der Waals surface area contributed by atoms with E-state index < -0.39 is 11.9 Å². The molecule has 0 bridgehead atoms. The number of aromatic nitrogens is 2. The Hall–Kier alpha value is -2.00. The molecule has 0 aliphatic carbocycles. The quantitative estimate of drug-likeness (QED) is 0.614. The Bertz CT molecular complexity index is 787. The number of alkyl halides is 3. The van der Waals surface area contributed by atoms with Crippen LogP contribution in [0.1, 0.15) is 5.89 Å². The van der Waals surface area contributed by atoms with Crippen LogP contribution >= 0.6 is 23.1 Å². The molecule has 3 rings (SSSR count). The van der Waals surface area contributed by atoms with Crippen molar-refractivity contribution in [3.8, 4) is 10.7 Å². The maximum absolute atomic E-state index is 12.4. The summed E-state index contributed by atoms with van der Waals surface area (Å²) in [5, 5.41) is 8.85. The third kappa shape index (κ3) is 4.51. The van der Waals surface area contributed by atoms with Gasteiger partial charge >= 0.3 is 6.18 Å². The van der Waals surface area contributed by atoms with Crippen LogP contribution in [0.4, 0.5) is 18.9 Å². The molecule has 3 aromatic rings. The second kappa shape index (κ2) is 7.27. The van der Waals surface area contributed by atoms with Crippen LogP contribution in [0.5, 0.6) is 0 Å². The zero-order valence-electron chi connectivity index (χ0n) is 12.2. The zero-order valence-corrected chi connectivity index (χ0v) is 13.8. The summed E-state index contributed by atoms with van der Waals surface area (Å²) in [4.78, 5) is 5.68. The monoisotopic (exact) mass is 371 g/mol. The number of anilines is 1. The molecule has 1 aromatic carbocycles. The number of halogens is 3. The van der Waals surface area contributed by atoms with Crippen LogP contribution in [0.25, 0.3) is 10.7 Å². The van der Waals surface area contributed by atoms with E-state index in [0.29, 0.717) is 22.3 Å². The maximum atomic E-state index is 12.4. The van der Waals surface area contributed by atoms with Crippen LogP contribution < -0.4 is 5.32 Å². The van der Waals surface area contributed by atoms with Crippen molar-refractivity contribution in [3.05, 3.63) is 47.7 Å². The molecule has 126 valence electrons. The SMILES string of the molecule is FC(F)(F)CSc1ccccc1NCc1nc(-c2cccs2)no1. The first-order valence-electron chi connectivity index (χ1n) is 6.90. The van der Waals surface area contributed by atoms with E-state index in [-0.39, 0.29) is 6.54 Å². The first kappa shape index (κ1) is 16.8. The van der Waals surface area contributed by atoms with Gasteiger partial charge in [0.2, 0.25) is 11.7 Å². The van der Waals surface area contributed by atoms with Crippen molar-refractivity contribution >= 4 is 28.8 Å². The minimum absolute atomic E-state index is 0.238. The molecule has 0 aliphatic rings. The van der Waals surface area contributed by atoms with Gasteiger partial charge in [-0.05, 0) is 23.6 Å². The van der Waals surface area contributed by atoms with Crippen molar-refractivity contribution in [2.75, 3.05) is 11.1 Å². The third-order valence-electron chi connectivity index (χ3n) is 2.92. The summed E-state index contributed by atoms with van der Waals surface area (Å²) in [5.74, 6) is -0.0649. The minimum atomic E-state index is -4.21. The second-order valence-corrected chi connectivity index (χ2v) is 6.71. The average Bonchev–Trinajstić information content (AvgIpc) is 3.22. The number of nitrogens with zero attached hydrogens (tertiary/aromatic N) is 2. The summed E-state index contributed by atoms with van der Waals surface area (Å²) in [7, 11) is 0. The Morgan fingerprint density at radius 3 is 2.75 bits per heavy atom. The highest BCUT2D eigenvalue weighted by Crippen LogP contribution is 2.32. The predicted octanol–water partition coefficient (Wildman–Crippen LogP) is 5.06. The van der Waals surface area contributed by atoms with Crippen LogP contribution in [-0.4, -0.2) is 22.1 Å². The summed E-state index contributed by atoms with van der Waals surface area (Å²) in [6.07, 6.45) is -4.21. The first-order chi connectivity index (χ1) is 11.5. The summed E-state index contributed by atoms with van der Waals surface area (Å²) in [6, 6.07) is 10.6. The number of nitrogens with one attached hydrogen (secondary N) is 1. The number of benzene rings is 1. The zero-order chi connectivity index (χ0) is 17.0. The first-order valence-corrected chi connectivity index (χ1v) is 8.77. The van der Waals surface area contributed by atoms with Crippen molar-refractivity contribution in [2.24, 2.45) is 0 Å². The summed E-state index contributed by atoms with van der Waals surface area (Å²) in [6.45, 7) is 0.238. The highest BCUT2D eigenvalue weighted by molar-refractivity contribution is 7.99. The fourth-order valence-corrected chi connectivity index (χ4v) is 3.34. The fraction of sp³-hybridized carbons (Fsp3) is 0.200. The lowest BCUT2D eigenvalue weighted by molar-refractivity contribution is -0.105. The second-order valence-electron chi connectivity index (χ2n) is 4.74. The van der Waals surface area contributed by atoms with Gasteiger partial charge in [0.1, 0.15) is 0 Å². The summed E-state index contributed by atoms with van der Waals surface area (Å²) >= 11 is 2.24. The molecule has 2 heterocycles. The standard InChI is InChI=1S/C15H12F3N3OS2/c16-15(17,18)9-24-11-5-2-1-4-10(11)19-8-13-20-14(21-22-13)12-6-3-7-23-12/h1-7,19H,8-9H2. The molecule has 0 saturated heterocycles. The topological polar surface area (TPSA) is 51.0 Å². The molecule has 0 spiro atoms. The van der Waals surface area contributed by atoms with E-state index in [1.807, 2.05) is 17.5 Å². The Labute approximate surface area is 144 Å². The molecule has 4 nitrogen and oxygen atoms in total. The van der Waals surface area contributed by atoms with Gasteiger partial charge in [-0.2, -0.15) is 18.2 Å². The normalized spacial score (nSPS) is 11.6. The third-order valence-corrected chi connectivity index (χ3v) is 4.92. The fourth-order valence-electron chi connectivity index (χ4n) is 1.90. The Morgan fingerprint density at radius 2 is 2.00 bits per heavy atom. The number of rotatable bonds is 6. The highest BCUT2D eigenvalue weighted by atomic mass is 32.2. The average molecular weight is 371 g/mol. The lowest BCUT2D eigenvalue weighted by Crippen LogP contribution is -2.11. The summed E-state index contributed by atoms with van der Waals surface area (Å²) < 4.78 is 42.3. The van der Waals surface area contributed by atoms with Crippen molar-refractivity contribution in [3.63, 3.8) is 0 Å². The van der Waals surface area contributed by atoms with E-state index in [1.54, 1.807) is 24.3 Å². The molecule has 1 N–H and O–H groups in total. The van der Waals surface area contributed by atoms with Gasteiger partial charge in [0, 0.05) is 10.6 Å². The Morgan fingerprint density at radius 1 is 1.17 bits per heavy atom. The number of para-hydroxylation sites is 1. The molecule has 0 atom stereocenters. The number of hydrogen-bond acceptors (Lipinski definition) is 6.